The highest BCUT2D eigenvalue weighted by molar-refractivity contribution is 5.75. The summed E-state index contributed by atoms with van der Waals surface area (Å²) < 4.78 is 0. The van der Waals surface area contributed by atoms with Gasteiger partial charge in [0.15, 0.2) is 0 Å². The molecule has 0 aromatic heterocycles. The van der Waals surface area contributed by atoms with Crippen LogP contribution in [0.1, 0.15) is 40.5 Å². The highest BCUT2D eigenvalue weighted by Crippen LogP contribution is 2.30. The average Bonchev–Trinajstić information content (AvgIpc) is 2.69. The summed E-state index contributed by atoms with van der Waals surface area (Å²) in [4.78, 5) is 13.7. The molecule has 0 atom stereocenters. The molecule has 0 aromatic carbocycles. The fraction of sp³-hybridized carbons (Fsp3) is 0.923. The predicted octanol–water partition coefficient (Wildman–Crippen LogP) is 1.56. The first-order valence-electron chi connectivity index (χ1n) is 6.48. The van der Waals surface area contributed by atoms with Gasteiger partial charge in [0.2, 0.25) is 0 Å². The number of carboxylic acids is 1. The van der Waals surface area contributed by atoms with Gasteiger partial charge in [-0.15, -0.1) is 0 Å². The fourth-order valence-electron chi connectivity index (χ4n) is 2.02. The molecule has 1 heterocycles. The van der Waals surface area contributed by atoms with E-state index in [1.54, 1.807) is 13.8 Å². The Kier molecular flexibility index (Phi) is 4.55. The average molecular weight is 242 g/mol. The van der Waals surface area contributed by atoms with Crippen LogP contribution in [-0.4, -0.2) is 47.7 Å². The van der Waals surface area contributed by atoms with E-state index >= 15 is 0 Å². The van der Waals surface area contributed by atoms with Crippen LogP contribution in [0, 0.1) is 5.41 Å². The van der Waals surface area contributed by atoms with E-state index in [1.807, 2.05) is 13.8 Å². The quantitative estimate of drug-likeness (QED) is 0.742. The van der Waals surface area contributed by atoms with Crippen LogP contribution in [0.3, 0.4) is 0 Å². The molecule has 0 spiro atoms. The monoisotopic (exact) mass is 242 g/mol. The molecule has 0 aromatic rings. The molecule has 1 aliphatic rings. The molecule has 4 heteroatoms. The van der Waals surface area contributed by atoms with Gasteiger partial charge < -0.3 is 15.3 Å². The van der Waals surface area contributed by atoms with Gasteiger partial charge in [-0.05, 0) is 53.6 Å². The lowest BCUT2D eigenvalue weighted by Gasteiger charge is -2.39. The summed E-state index contributed by atoms with van der Waals surface area (Å²) >= 11 is 0. The molecule has 1 rings (SSSR count). The molecule has 1 aliphatic heterocycles. The number of hydrogen-bond acceptors (Lipinski definition) is 3. The maximum atomic E-state index is 11.2. The molecule has 0 radical (unpaired) electrons. The van der Waals surface area contributed by atoms with E-state index in [4.69, 9.17) is 0 Å². The predicted molar refractivity (Wildman–Crippen MR) is 69.2 cm³/mol. The first kappa shape index (κ1) is 14.5. The van der Waals surface area contributed by atoms with Crippen molar-refractivity contribution >= 4 is 5.97 Å². The molecule has 2 N–H and O–H groups in total. The SMILES string of the molecule is CC(C)(NCCN1CCCC1)C(C)(C)C(=O)O. The number of nitrogens with zero attached hydrogens (tertiary/aromatic N) is 1. The Labute approximate surface area is 104 Å². The number of carboxylic acid groups (broad SMARTS) is 1. The summed E-state index contributed by atoms with van der Waals surface area (Å²) in [5, 5.41) is 12.6. The minimum atomic E-state index is -0.766. The van der Waals surface area contributed by atoms with Gasteiger partial charge in [-0.25, -0.2) is 0 Å². The number of likely N-dealkylation sites (tertiary alicyclic amines) is 1. The second-order valence-electron chi connectivity index (χ2n) is 6.03. The Morgan fingerprint density at radius 3 is 2.24 bits per heavy atom. The van der Waals surface area contributed by atoms with Crippen molar-refractivity contribution in [2.24, 2.45) is 5.41 Å². The Bertz CT molecular complexity index is 269. The number of carbonyl (C=O) groups is 1. The fourth-order valence-corrected chi connectivity index (χ4v) is 2.02. The van der Waals surface area contributed by atoms with E-state index in [-0.39, 0.29) is 0 Å². The van der Waals surface area contributed by atoms with Crippen LogP contribution < -0.4 is 5.32 Å². The van der Waals surface area contributed by atoms with Crippen molar-refractivity contribution in [3.63, 3.8) is 0 Å². The zero-order chi connectivity index (χ0) is 13.1. The second kappa shape index (κ2) is 5.36. The van der Waals surface area contributed by atoms with E-state index in [0.29, 0.717) is 0 Å². The van der Waals surface area contributed by atoms with E-state index in [9.17, 15) is 9.90 Å². The first-order chi connectivity index (χ1) is 7.77. The maximum absolute atomic E-state index is 11.2. The largest absolute Gasteiger partial charge is 0.481 e. The normalized spacial score (nSPS) is 18.6. The summed E-state index contributed by atoms with van der Waals surface area (Å²) in [6, 6.07) is 0. The van der Waals surface area contributed by atoms with Crippen molar-refractivity contribution in [2.75, 3.05) is 26.2 Å². The van der Waals surface area contributed by atoms with Crippen LogP contribution in [0.15, 0.2) is 0 Å². The molecule has 17 heavy (non-hydrogen) atoms. The van der Waals surface area contributed by atoms with Crippen molar-refractivity contribution in [2.45, 2.75) is 46.1 Å². The van der Waals surface area contributed by atoms with Gasteiger partial charge in [0.05, 0.1) is 5.41 Å². The topological polar surface area (TPSA) is 52.6 Å². The number of aliphatic carboxylic acids is 1. The third-order valence-electron chi connectivity index (χ3n) is 4.29. The molecule has 0 amide bonds. The number of hydrogen-bond donors (Lipinski definition) is 2. The van der Waals surface area contributed by atoms with Gasteiger partial charge in [-0.1, -0.05) is 0 Å². The minimum absolute atomic E-state index is 0.404. The Hall–Kier alpha value is -0.610. The Balaban J connectivity index is 2.40. The first-order valence-corrected chi connectivity index (χ1v) is 6.48. The van der Waals surface area contributed by atoms with Crippen LogP contribution in [-0.2, 0) is 4.79 Å². The maximum Gasteiger partial charge on any atom is 0.310 e. The van der Waals surface area contributed by atoms with Crippen molar-refractivity contribution in [3.05, 3.63) is 0 Å². The van der Waals surface area contributed by atoms with Crippen molar-refractivity contribution in [3.8, 4) is 0 Å². The third kappa shape index (κ3) is 3.42. The van der Waals surface area contributed by atoms with E-state index in [2.05, 4.69) is 10.2 Å². The molecule has 0 saturated carbocycles. The van der Waals surface area contributed by atoms with E-state index in [0.717, 1.165) is 13.1 Å². The second-order valence-corrected chi connectivity index (χ2v) is 6.03. The Morgan fingerprint density at radius 2 is 1.76 bits per heavy atom. The Morgan fingerprint density at radius 1 is 1.24 bits per heavy atom. The summed E-state index contributed by atoms with van der Waals surface area (Å²) in [6.45, 7) is 11.7. The lowest BCUT2D eigenvalue weighted by atomic mass is 9.74. The van der Waals surface area contributed by atoms with Gasteiger partial charge in [0.1, 0.15) is 0 Å². The van der Waals surface area contributed by atoms with Crippen molar-refractivity contribution in [1.29, 1.82) is 0 Å². The lowest BCUT2D eigenvalue weighted by molar-refractivity contribution is -0.151. The molecule has 0 aliphatic carbocycles. The molecule has 1 saturated heterocycles. The number of rotatable bonds is 6. The van der Waals surface area contributed by atoms with E-state index in [1.165, 1.54) is 25.9 Å². The molecule has 0 unspecified atom stereocenters. The van der Waals surface area contributed by atoms with Gasteiger partial charge in [0, 0.05) is 18.6 Å². The highest BCUT2D eigenvalue weighted by atomic mass is 16.4. The van der Waals surface area contributed by atoms with Gasteiger partial charge in [-0.2, -0.15) is 0 Å². The van der Waals surface area contributed by atoms with Crippen molar-refractivity contribution < 1.29 is 9.90 Å². The van der Waals surface area contributed by atoms with E-state index < -0.39 is 16.9 Å². The van der Waals surface area contributed by atoms with Crippen LogP contribution in [0.25, 0.3) is 0 Å². The molecule has 0 bridgehead atoms. The molecular weight excluding hydrogens is 216 g/mol. The smallest absolute Gasteiger partial charge is 0.310 e. The summed E-state index contributed by atoms with van der Waals surface area (Å²) in [5.74, 6) is -0.754. The van der Waals surface area contributed by atoms with Crippen LogP contribution >= 0.6 is 0 Å². The minimum Gasteiger partial charge on any atom is -0.481 e. The van der Waals surface area contributed by atoms with Crippen LogP contribution in [0.2, 0.25) is 0 Å². The third-order valence-corrected chi connectivity index (χ3v) is 4.29. The zero-order valence-corrected chi connectivity index (χ0v) is 11.5. The number of nitrogens with one attached hydrogen (secondary N) is 1. The molecule has 100 valence electrons. The van der Waals surface area contributed by atoms with Crippen molar-refractivity contribution in [1.82, 2.24) is 10.2 Å². The zero-order valence-electron chi connectivity index (χ0n) is 11.5. The van der Waals surface area contributed by atoms with Gasteiger partial charge >= 0.3 is 5.97 Å². The van der Waals surface area contributed by atoms with Crippen LogP contribution in [0.4, 0.5) is 0 Å². The van der Waals surface area contributed by atoms with Gasteiger partial charge in [0.25, 0.3) is 0 Å². The summed E-state index contributed by atoms with van der Waals surface area (Å²) in [7, 11) is 0. The molecule has 4 nitrogen and oxygen atoms in total. The highest BCUT2D eigenvalue weighted by Gasteiger charge is 2.42. The van der Waals surface area contributed by atoms with Gasteiger partial charge in [-0.3, -0.25) is 4.79 Å². The molecule has 1 fully saturated rings. The van der Waals surface area contributed by atoms with Crippen LogP contribution in [0.5, 0.6) is 0 Å². The summed E-state index contributed by atoms with van der Waals surface area (Å²) in [6.07, 6.45) is 2.59. The standard InChI is InChI=1S/C13H26N2O2/c1-12(2,11(16)17)13(3,4)14-7-10-15-8-5-6-9-15/h14H,5-10H2,1-4H3,(H,16,17). The molecular formula is C13H26N2O2. The lowest BCUT2D eigenvalue weighted by Crippen LogP contribution is -2.56. The summed E-state index contributed by atoms with van der Waals surface area (Å²) in [5.41, 5.74) is -1.17.